The summed E-state index contributed by atoms with van der Waals surface area (Å²) in [6.07, 6.45) is -3.68. The summed E-state index contributed by atoms with van der Waals surface area (Å²) in [5, 5.41) is 8.95. The molecule has 0 aromatic heterocycles. The lowest BCUT2D eigenvalue weighted by Crippen LogP contribution is -2.24. The first-order valence-corrected chi connectivity index (χ1v) is 6.06. The smallest absolute Gasteiger partial charge is 0.416 e. The zero-order valence-corrected chi connectivity index (χ0v) is 11.8. The maximum atomic E-state index is 12.8. The van der Waals surface area contributed by atoms with Gasteiger partial charge in [-0.05, 0) is 38.5 Å². The molecule has 0 aliphatic rings. The van der Waals surface area contributed by atoms with Crippen molar-refractivity contribution in [2.75, 3.05) is 0 Å². The van der Waals surface area contributed by atoms with E-state index in [1.165, 1.54) is 18.2 Å². The Bertz CT molecular complexity index is 605. The first-order valence-electron chi connectivity index (χ1n) is 6.06. The van der Waals surface area contributed by atoms with Crippen LogP contribution >= 0.6 is 0 Å². The van der Waals surface area contributed by atoms with Crippen LogP contribution in [0, 0.1) is 11.3 Å². The molecule has 21 heavy (non-hydrogen) atoms. The highest BCUT2D eigenvalue weighted by atomic mass is 19.4. The van der Waals surface area contributed by atoms with Gasteiger partial charge in [0.25, 0.3) is 0 Å². The second-order valence-corrected chi connectivity index (χ2v) is 5.26. The monoisotopic (exact) mass is 297 g/mol. The maximum Gasteiger partial charge on any atom is 0.416 e. The van der Waals surface area contributed by atoms with Crippen LogP contribution in [0.1, 0.15) is 31.9 Å². The molecule has 0 bridgehead atoms. The van der Waals surface area contributed by atoms with Gasteiger partial charge in [-0.25, -0.2) is 4.79 Å². The molecule has 1 aromatic carbocycles. The summed E-state index contributed by atoms with van der Waals surface area (Å²) in [4.78, 5) is 11.8. The minimum atomic E-state index is -4.57. The van der Waals surface area contributed by atoms with E-state index in [1.54, 1.807) is 26.8 Å². The molecule has 0 atom stereocenters. The minimum Gasteiger partial charge on any atom is -0.456 e. The summed E-state index contributed by atoms with van der Waals surface area (Å²) in [7, 11) is 0. The molecular formula is C15H14F3NO2. The summed E-state index contributed by atoms with van der Waals surface area (Å²) in [5.74, 6) is -0.957. The molecule has 112 valence electrons. The number of ether oxygens (including phenoxy) is 1. The van der Waals surface area contributed by atoms with E-state index in [1.807, 2.05) is 0 Å². The average molecular weight is 297 g/mol. The Balaban J connectivity index is 3.23. The Morgan fingerprint density at radius 2 is 1.81 bits per heavy atom. The Kier molecular flexibility index (Phi) is 4.79. The molecule has 1 aromatic rings. The van der Waals surface area contributed by atoms with Gasteiger partial charge < -0.3 is 4.74 Å². The molecule has 0 saturated heterocycles. The molecule has 0 heterocycles. The Morgan fingerprint density at radius 1 is 1.24 bits per heavy atom. The summed E-state index contributed by atoms with van der Waals surface area (Å²) < 4.78 is 43.5. The third kappa shape index (κ3) is 4.95. The van der Waals surface area contributed by atoms with E-state index in [9.17, 15) is 18.0 Å². The van der Waals surface area contributed by atoms with Gasteiger partial charge in [0.05, 0.1) is 5.56 Å². The quantitative estimate of drug-likeness (QED) is 0.472. The lowest BCUT2D eigenvalue weighted by Gasteiger charge is -2.19. The fraction of sp³-hybridized carbons (Fsp3) is 0.333. The third-order valence-electron chi connectivity index (χ3n) is 2.31. The lowest BCUT2D eigenvalue weighted by molar-refractivity contribution is -0.149. The van der Waals surface area contributed by atoms with Crippen molar-refractivity contribution < 1.29 is 22.7 Å². The predicted molar refractivity (Wildman–Crippen MR) is 70.9 cm³/mol. The van der Waals surface area contributed by atoms with E-state index in [0.717, 1.165) is 12.1 Å². The molecule has 3 nitrogen and oxygen atoms in total. The summed E-state index contributed by atoms with van der Waals surface area (Å²) in [6.45, 7) is 4.80. The first kappa shape index (κ1) is 16.8. The SMILES string of the molecule is CC(C)(C)OC(=O)/C(C#N)=C/c1ccccc1C(F)(F)F. The Labute approximate surface area is 120 Å². The largest absolute Gasteiger partial charge is 0.456 e. The van der Waals surface area contributed by atoms with E-state index in [-0.39, 0.29) is 5.56 Å². The highest BCUT2D eigenvalue weighted by Crippen LogP contribution is 2.32. The fourth-order valence-corrected chi connectivity index (χ4v) is 1.51. The van der Waals surface area contributed by atoms with Gasteiger partial charge in [0.15, 0.2) is 0 Å². The maximum absolute atomic E-state index is 12.8. The van der Waals surface area contributed by atoms with Crippen molar-refractivity contribution in [2.45, 2.75) is 32.5 Å². The van der Waals surface area contributed by atoms with Crippen LogP contribution in [-0.2, 0) is 15.7 Å². The van der Waals surface area contributed by atoms with Crippen LogP contribution in [0.25, 0.3) is 6.08 Å². The normalized spacial score (nSPS) is 12.7. The molecule has 0 spiro atoms. The number of esters is 1. The standard InChI is InChI=1S/C15H14F3NO2/c1-14(2,3)21-13(20)11(9-19)8-10-6-4-5-7-12(10)15(16,17)18/h4-8H,1-3H3/b11-8+. The number of rotatable bonds is 2. The van der Waals surface area contributed by atoms with Gasteiger partial charge in [-0.3, -0.25) is 0 Å². The average Bonchev–Trinajstić information content (AvgIpc) is 2.33. The third-order valence-corrected chi connectivity index (χ3v) is 2.31. The van der Waals surface area contributed by atoms with E-state index in [0.29, 0.717) is 0 Å². The highest BCUT2D eigenvalue weighted by molar-refractivity contribution is 5.98. The molecule has 0 radical (unpaired) electrons. The number of halogens is 3. The van der Waals surface area contributed by atoms with Gasteiger partial charge >= 0.3 is 12.1 Å². The molecule has 0 saturated carbocycles. The lowest BCUT2D eigenvalue weighted by atomic mass is 10.0. The second-order valence-electron chi connectivity index (χ2n) is 5.26. The van der Waals surface area contributed by atoms with Gasteiger partial charge in [-0.2, -0.15) is 18.4 Å². The van der Waals surface area contributed by atoms with E-state index >= 15 is 0 Å². The number of hydrogen-bond donors (Lipinski definition) is 0. The van der Waals surface area contributed by atoms with E-state index < -0.39 is 28.9 Å². The van der Waals surface area contributed by atoms with Crippen LogP contribution in [0.3, 0.4) is 0 Å². The second kappa shape index (κ2) is 6.00. The predicted octanol–water partition coefficient (Wildman–Crippen LogP) is 3.95. The van der Waals surface area contributed by atoms with Gasteiger partial charge in [0.1, 0.15) is 17.2 Å². The Morgan fingerprint density at radius 3 is 2.29 bits per heavy atom. The number of nitriles is 1. The highest BCUT2D eigenvalue weighted by Gasteiger charge is 2.32. The summed E-state index contributed by atoms with van der Waals surface area (Å²) >= 11 is 0. The Hall–Kier alpha value is -2.29. The fourth-order valence-electron chi connectivity index (χ4n) is 1.51. The molecule has 0 fully saturated rings. The van der Waals surface area contributed by atoms with Crippen LogP contribution in [0.15, 0.2) is 29.8 Å². The molecule has 0 aliphatic carbocycles. The van der Waals surface area contributed by atoms with Crippen LogP contribution in [0.4, 0.5) is 13.2 Å². The molecule has 0 aliphatic heterocycles. The van der Waals surface area contributed by atoms with Crippen molar-refractivity contribution >= 4 is 12.0 Å². The molecular weight excluding hydrogens is 283 g/mol. The number of benzene rings is 1. The topological polar surface area (TPSA) is 50.1 Å². The molecule has 0 N–H and O–H groups in total. The van der Waals surface area contributed by atoms with Crippen LogP contribution in [0.5, 0.6) is 0 Å². The van der Waals surface area contributed by atoms with Crippen LogP contribution < -0.4 is 0 Å². The van der Waals surface area contributed by atoms with Crippen LogP contribution in [0.2, 0.25) is 0 Å². The number of hydrogen-bond acceptors (Lipinski definition) is 3. The van der Waals surface area contributed by atoms with Crippen molar-refractivity contribution in [1.82, 2.24) is 0 Å². The van der Waals surface area contributed by atoms with Crippen molar-refractivity contribution in [3.8, 4) is 6.07 Å². The first-order chi connectivity index (χ1) is 9.54. The molecule has 0 unspecified atom stereocenters. The van der Waals surface area contributed by atoms with Gasteiger partial charge in [-0.15, -0.1) is 0 Å². The van der Waals surface area contributed by atoms with Crippen molar-refractivity contribution in [3.63, 3.8) is 0 Å². The van der Waals surface area contributed by atoms with Gasteiger partial charge in [-0.1, -0.05) is 18.2 Å². The zero-order chi connectivity index (χ0) is 16.3. The van der Waals surface area contributed by atoms with Crippen molar-refractivity contribution in [1.29, 1.82) is 5.26 Å². The van der Waals surface area contributed by atoms with Crippen molar-refractivity contribution in [3.05, 3.63) is 41.0 Å². The van der Waals surface area contributed by atoms with Crippen molar-refractivity contribution in [2.24, 2.45) is 0 Å². The van der Waals surface area contributed by atoms with E-state index in [2.05, 4.69) is 0 Å². The van der Waals surface area contributed by atoms with Gasteiger partial charge in [0.2, 0.25) is 0 Å². The number of nitrogens with zero attached hydrogens (tertiary/aromatic N) is 1. The summed E-state index contributed by atoms with van der Waals surface area (Å²) in [6, 6.07) is 6.27. The molecule has 6 heteroatoms. The summed E-state index contributed by atoms with van der Waals surface area (Å²) in [5.41, 5.74) is -2.49. The number of carbonyl (C=O) groups excluding carboxylic acids is 1. The minimum absolute atomic E-state index is 0.257. The molecule has 0 amide bonds. The number of carbonyl (C=O) groups is 1. The van der Waals surface area contributed by atoms with E-state index in [4.69, 9.17) is 10.00 Å². The van der Waals surface area contributed by atoms with Crippen LogP contribution in [-0.4, -0.2) is 11.6 Å². The van der Waals surface area contributed by atoms with Gasteiger partial charge in [0, 0.05) is 0 Å². The number of alkyl halides is 3. The zero-order valence-electron chi connectivity index (χ0n) is 11.8. The molecule has 1 rings (SSSR count).